The molecule has 0 aliphatic heterocycles. The number of carbonyl (C=O) groups is 1. The van der Waals surface area contributed by atoms with Crippen LogP contribution in [0.5, 0.6) is 0 Å². The van der Waals surface area contributed by atoms with Gasteiger partial charge in [0.15, 0.2) is 0 Å². The van der Waals surface area contributed by atoms with Crippen molar-refractivity contribution in [3.05, 3.63) is 26.0 Å². The topological polar surface area (TPSA) is 50.2 Å². The zero-order valence-electron chi connectivity index (χ0n) is 5.92. The number of carboxylic acids is 1. The molecule has 0 saturated carbocycles. The Morgan fingerprint density at radius 1 is 1.67 bits per heavy atom. The van der Waals surface area contributed by atoms with Crippen molar-refractivity contribution in [3.63, 3.8) is 0 Å². The molecule has 3 nitrogen and oxygen atoms in total. The minimum Gasteiger partial charge on any atom is -0.481 e. The van der Waals surface area contributed by atoms with Crippen LogP contribution >= 0.6 is 38.5 Å². The number of nitrogens with zero attached hydrogens (tertiary/aromatic N) is 1. The van der Waals surface area contributed by atoms with E-state index in [4.69, 9.17) is 5.11 Å². The summed E-state index contributed by atoms with van der Waals surface area (Å²) in [4.78, 5) is 14.4. The van der Waals surface area contributed by atoms with Gasteiger partial charge in [0.1, 0.15) is 8.30 Å². The Kier molecular flexibility index (Phi) is 3.45. The maximum Gasteiger partial charge on any atom is 0.307 e. The van der Waals surface area contributed by atoms with Gasteiger partial charge in [0, 0.05) is 0 Å². The van der Waals surface area contributed by atoms with E-state index in [1.165, 1.54) is 0 Å². The van der Waals surface area contributed by atoms with Gasteiger partial charge in [-0.05, 0) is 56.2 Å². The third-order valence-corrected chi connectivity index (χ3v) is 2.14. The number of carboxylic acid groups (broad SMARTS) is 1. The van der Waals surface area contributed by atoms with Crippen LogP contribution in [0, 0.1) is 3.70 Å². The summed E-state index contributed by atoms with van der Waals surface area (Å²) >= 11 is 5.24. The molecule has 0 unspecified atom stereocenters. The van der Waals surface area contributed by atoms with Crippen LogP contribution in [0.3, 0.4) is 0 Å². The zero-order chi connectivity index (χ0) is 9.14. The molecule has 0 radical (unpaired) electrons. The van der Waals surface area contributed by atoms with Crippen molar-refractivity contribution < 1.29 is 9.90 Å². The highest BCUT2D eigenvalue weighted by molar-refractivity contribution is 14.1. The lowest BCUT2D eigenvalue weighted by Crippen LogP contribution is -2.00. The van der Waals surface area contributed by atoms with E-state index in [1.54, 1.807) is 12.1 Å². The SMILES string of the molecule is O=C(O)Cc1cc(Br)nc(I)c1. The Balaban J connectivity index is 2.93. The highest BCUT2D eigenvalue weighted by Gasteiger charge is 2.02. The van der Waals surface area contributed by atoms with Crippen molar-refractivity contribution >= 4 is 44.5 Å². The molecule has 1 aromatic rings. The Bertz CT molecular complexity index is 296. The molecule has 0 atom stereocenters. The van der Waals surface area contributed by atoms with Gasteiger partial charge in [-0.1, -0.05) is 0 Å². The molecule has 12 heavy (non-hydrogen) atoms. The molecule has 1 heterocycles. The Hall–Kier alpha value is -0.170. The van der Waals surface area contributed by atoms with Gasteiger partial charge < -0.3 is 5.11 Å². The van der Waals surface area contributed by atoms with Crippen LogP contribution in [0.1, 0.15) is 5.56 Å². The lowest BCUT2D eigenvalue weighted by atomic mass is 10.2. The van der Waals surface area contributed by atoms with Crippen LogP contribution in [0.25, 0.3) is 0 Å². The van der Waals surface area contributed by atoms with Gasteiger partial charge in [0.05, 0.1) is 6.42 Å². The molecule has 0 aromatic carbocycles. The fourth-order valence-corrected chi connectivity index (χ4v) is 2.27. The summed E-state index contributed by atoms with van der Waals surface area (Å²) in [6, 6.07) is 3.45. The van der Waals surface area contributed by atoms with E-state index >= 15 is 0 Å². The highest BCUT2D eigenvalue weighted by Crippen LogP contribution is 2.13. The van der Waals surface area contributed by atoms with Crippen molar-refractivity contribution in [3.8, 4) is 0 Å². The normalized spacial score (nSPS) is 9.83. The number of aromatic nitrogens is 1. The lowest BCUT2D eigenvalue weighted by Gasteiger charge is -1.98. The quantitative estimate of drug-likeness (QED) is 0.662. The third-order valence-electron chi connectivity index (χ3n) is 1.18. The van der Waals surface area contributed by atoms with E-state index in [9.17, 15) is 4.79 Å². The molecule has 0 spiro atoms. The first-order chi connectivity index (χ1) is 5.58. The second-order valence-electron chi connectivity index (χ2n) is 2.19. The molecule has 64 valence electrons. The summed E-state index contributed by atoms with van der Waals surface area (Å²) in [6.07, 6.45) is 0.0388. The highest BCUT2D eigenvalue weighted by atomic mass is 127. The van der Waals surface area contributed by atoms with E-state index in [1.807, 2.05) is 22.6 Å². The maximum absolute atomic E-state index is 10.4. The van der Waals surface area contributed by atoms with E-state index < -0.39 is 5.97 Å². The lowest BCUT2D eigenvalue weighted by molar-refractivity contribution is -0.136. The van der Waals surface area contributed by atoms with Crippen LogP contribution in [-0.4, -0.2) is 16.1 Å². The van der Waals surface area contributed by atoms with Gasteiger partial charge in [-0.2, -0.15) is 0 Å². The van der Waals surface area contributed by atoms with Crippen molar-refractivity contribution in [2.24, 2.45) is 0 Å². The minimum atomic E-state index is -0.830. The number of aliphatic carboxylic acids is 1. The monoisotopic (exact) mass is 341 g/mol. The molecule has 0 fully saturated rings. The summed E-state index contributed by atoms with van der Waals surface area (Å²) in [5, 5.41) is 8.51. The maximum atomic E-state index is 10.4. The van der Waals surface area contributed by atoms with Crippen LogP contribution < -0.4 is 0 Å². The van der Waals surface area contributed by atoms with Crippen LogP contribution in [0.15, 0.2) is 16.7 Å². The Labute approximate surface area is 91.5 Å². The molecule has 1 N–H and O–H groups in total. The van der Waals surface area contributed by atoms with Crippen LogP contribution in [-0.2, 0) is 11.2 Å². The second-order valence-corrected chi connectivity index (χ2v) is 4.11. The molecule has 0 aliphatic rings. The molecule has 0 amide bonds. The first kappa shape index (κ1) is 9.91. The average molecular weight is 342 g/mol. The predicted octanol–water partition coefficient (Wildman–Crippen LogP) is 2.08. The fraction of sp³-hybridized carbons (Fsp3) is 0.143. The molecule has 0 aliphatic carbocycles. The smallest absolute Gasteiger partial charge is 0.307 e. The first-order valence-corrected chi connectivity index (χ1v) is 4.99. The Morgan fingerprint density at radius 2 is 2.33 bits per heavy atom. The van der Waals surface area contributed by atoms with Gasteiger partial charge in [0.25, 0.3) is 0 Å². The average Bonchev–Trinajstić information content (AvgIpc) is 1.81. The summed E-state index contributed by atoms with van der Waals surface area (Å²) in [6.45, 7) is 0. The number of halogens is 2. The van der Waals surface area contributed by atoms with E-state index in [2.05, 4.69) is 20.9 Å². The number of hydrogen-bond acceptors (Lipinski definition) is 2. The first-order valence-electron chi connectivity index (χ1n) is 3.11. The van der Waals surface area contributed by atoms with Gasteiger partial charge in [0.2, 0.25) is 0 Å². The second kappa shape index (κ2) is 4.18. The van der Waals surface area contributed by atoms with Crippen molar-refractivity contribution in [2.45, 2.75) is 6.42 Å². The van der Waals surface area contributed by atoms with E-state index in [0.29, 0.717) is 4.60 Å². The number of pyridine rings is 1. The molecule has 1 rings (SSSR count). The largest absolute Gasteiger partial charge is 0.481 e. The molecule has 0 saturated heterocycles. The van der Waals surface area contributed by atoms with Crippen LogP contribution in [0.2, 0.25) is 0 Å². The molecule has 1 aromatic heterocycles. The van der Waals surface area contributed by atoms with Crippen molar-refractivity contribution in [2.75, 3.05) is 0 Å². The predicted molar refractivity (Wildman–Crippen MR) is 56.0 cm³/mol. The standard InChI is InChI=1S/C7H5BrINO2/c8-5-1-4(3-7(11)12)2-6(9)10-5/h1-2H,3H2,(H,11,12). The molecular weight excluding hydrogens is 337 g/mol. The molecule has 5 heteroatoms. The van der Waals surface area contributed by atoms with Gasteiger partial charge in [-0.15, -0.1) is 0 Å². The van der Waals surface area contributed by atoms with Gasteiger partial charge >= 0.3 is 5.97 Å². The molecular formula is C7H5BrINO2. The van der Waals surface area contributed by atoms with Gasteiger partial charge in [-0.3, -0.25) is 4.79 Å². The summed E-state index contributed by atoms with van der Waals surface area (Å²) in [5.74, 6) is -0.830. The summed E-state index contributed by atoms with van der Waals surface area (Å²) in [7, 11) is 0. The number of rotatable bonds is 2. The molecule has 0 bridgehead atoms. The van der Waals surface area contributed by atoms with Crippen molar-refractivity contribution in [1.29, 1.82) is 0 Å². The number of hydrogen-bond donors (Lipinski definition) is 1. The summed E-state index contributed by atoms with van der Waals surface area (Å²) in [5.41, 5.74) is 0.758. The zero-order valence-corrected chi connectivity index (χ0v) is 9.66. The van der Waals surface area contributed by atoms with Gasteiger partial charge in [-0.25, -0.2) is 4.98 Å². The van der Waals surface area contributed by atoms with E-state index in [-0.39, 0.29) is 6.42 Å². The third kappa shape index (κ3) is 3.06. The Morgan fingerprint density at radius 3 is 2.83 bits per heavy atom. The van der Waals surface area contributed by atoms with E-state index in [0.717, 1.165) is 9.26 Å². The van der Waals surface area contributed by atoms with Crippen molar-refractivity contribution in [1.82, 2.24) is 4.98 Å². The van der Waals surface area contributed by atoms with Crippen LogP contribution in [0.4, 0.5) is 0 Å². The minimum absolute atomic E-state index is 0.0388. The summed E-state index contributed by atoms with van der Waals surface area (Å²) < 4.78 is 1.46. The fourth-order valence-electron chi connectivity index (χ4n) is 0.791.